The molecule has 8 nitrogen and oxygen atoms in total. The molecule has 0 atom stereocenters. The number of carboxylic acid groups (broad SMARTS) is 1. The van der Waals surface area contributed by atoms with E-state index in [2.05, 4.69) is 5.32 Å². The van der Waals surface area contributed by atoms with Crippen LogP contribution in [0.5, 0.6) is 17.2 Å². The van der Waals surface area contributed by atoms with Crippen molar-refractivity contribution in [2.45, 2.75) is 0 Å². The highest BCUT2D eigenvalue weighted by molar-refractivity contribution is 7.80. The summed E-state index contributed by atoms with van der Waals surface area (Å²) in [6, 6.07) is 19.5. The van der Waals surface area contributed by atoms with Crippen LogP contribution in [-0.4, -0.2) is 33.1 Å². The number of carbonyl (C=O) groups is 3. The Bertz CT molecular complexity index is 1300. The number of phenols is 1. The molecule has 4 rings (SSSR count). The van der Waals surface area contributed by atoms with Crippen LogP contribution in [0, 0.1) is 0 Å². The number of aromatic carboxylic acids is 1. The van der Waals surface area contributed by atoms with Gasteiger partial charge in [-0.05, 0) is 72.4 Å². The summed E-state index contributed by atoms with van der Waals surface area (Å²) in [6.07, 6.45) is 1.24. The Kier molecular flexibility index (Phi) is 5.88. The number of nitrogens with one attached hydrogen (secondary N) is 1. The number of para-hydroxylation sites is 1. The number of ether oxygens (including phenoxy) is 1. The average molecular weight is 460 g/mol. The van der Waals surface area contributed by atoms with Crippen LogP contribution in [0.15, 0.2) is 78.4 Å². The maximum atomic E-state index is 13.1. The molecule has 1 aliphatic heterocycles. The lowest BCUT2D eigenvalue weighted by molar-refractivity contribution is -0.122. The fourth-order valence-electron chi connectivity index (χ4n) is 3.16. The van der Waals surface area contributed by atoms with Crippen molar-refractivity contribution >= 4 is 46.9 Å². The van der Waals surface area contributed by atoms with Gasteiger partial charge in [-0.1, -0.05) is 24.3 Å². The van der Waals surface area contributed by atoms with E-state index in [0.29, 0.717) is 17.2 Å². The van der Waals surface area contributed by atoms with Crippen LogP contribution in [0.2, 0.25) is 0 Å². The van der Waals surface area contributed by atoms with Crippen LogP contribution >= 0.6 is 12.2 Å². The molecule has 1 heterocycles. The van der Waals surface area contributed by atoms with Crippen molar-refractivity contribution in [3.63, 3.8) is 0 Å². The smallest absolute Gasteiger partial charge is 0.339 e. The molecule has 0 radical (unpaired) electrons. The summed E-state index contributed by atoms with van der Waals surface area (Å²) in [5.74, 6) is -1.95. The maximum Gasteiger partial charge on any atom is 0.339 e. The molecule has 0 saturated carbocycles. The summed E-state index contributed by atoms with van der Waals surface area (Å²) in [5, 5.41) is 21.2. The summed E-state index contributed by atoms with van der Waals surface area (Å²) in [4.78, 5) is 38.0. The van der Waals surface area contributed by atoms with Crippen molar-refractivity contribution in [2.75, 3.05) is 4.90 Å². The van der Waals surface area contributed by atoms with Gasteiger partial charge in [-0.2, -0.15) is 0 Å². The zero-order chi connectivity index (χ0) is 23.5. The molecule has 0 unspecified atom stereocenters. The van der Waals surface area contributed by atoms with Gasteiger partial charge >= 0.3 is 5.97 Å². The van der Waals surface area contributed by atoms with E-state index in [0.717, 1.165) is 11.0 Å². The number of anilines is 1. The lowest BCUT2D eigenvalue weighted by Crippen LogP contribution is -2.54. The number of thiocarbonyl (C=S) groups is 1. The first-order valence-corrected chi connectivity index (χ1v) is 10.0. The maximum absolute atomic E-state index is 13.1. The molecule has 0 aliphatic carbocycles. The van der Waals surface area contributed by atoms with Gasteiger partial charge in [0.25, 0.3) is 11.8 Å². The number of nitrogens with zero attached hydrogens (tertiary/aromatic N) is 1. The topological polar surface area (TPSA) is 116 Å². The normalized spacial score (nSPS) is 14.8. The molecule has 9 heteroatoms. The van der Waals surface area contributed by atoms with Crippen molar-refractivity contribution in [1.29, 1.82) is 0 Å². The van der Waals surface area contributed by atoms with E-state index >= 15 is 0 Å². The average Bonchev–Trinajstić information content (AvgIpc) is 2.79. The molecule has 0 bridgehead atoms. The largest absolute Gasteiger partial charge is 0.507 e. The summed E-state index contributed by atoms with van der Waals surface area (Å²) in [5.41, 5.74) is 0.0703. The van der Waals surface area contributed by atoms with Gasteiger partial charge in [0.1, 0.15) is 28.4 Å². The number of hydrogen-bond donors (Lipinski definition) is 3. The number of amides is 2. The summed E-state index contributed by atoms with van der Waals surface area (Å²) in [6.45, 7) is 0. The second-order valence-electron chi connectivity index (χ2n) is 6.95. The monoisotopic (exact) mass is 460 g/mol. The molecule has 0 aromatic heterocycles. The predicted molar refractivity (Wildman–Crippen MR) is 124 cm³/mol. The number of hydrogen-bond acceptors (Lipinski definition) is 6. The van der Waals surface area contributed by atoms with Crippen molar-refractivity contribution in [3.8, 4) is 17.2 Å². The fraction of sp³-hybridized carbons (Fsp3) is 0. The second-order valence-corrected chi connectivity index (χ2v) is 7.34. The minimum Gasteiger partial charge on any atom is -0.507 e. The number of benzene rings is 3. The summed E-state index contributed by atoms with van der Waals surface area (Å²) >= 11 is 5.19. The third-order valence-corrected chi connectivity index (χ3v) is 5.02. The molecular weight excluding hydrogens is 444 g/mol. The molecule has 0 spiro atoms. The Morgan fingerprint density at radius 1 is 0.970 bits per heavy atom. The third-order valence-electron chi connectivity index (χ3n) is 4.74. The standard InChI is InChI=1S/C24H16N2O6S/c27-20-11-6-14(12-18(20)23(30)31)13-19-21(28)25-24(33)26(22(19)29)15-7-9-17(10-8-15)32-16-4-2-1-3-5-16/h1-13,27H,(H,30,31)(H,25,28,33)/b19-13+. The minimum atomic E-state index is -1.34. The van der Waals surface area contributed by atoms with E-state index < -0.39 is 23.5 Å². The number of aromatic hydroxyl groups is 1. The van der Waals surface area contributed by atoms with Crippen LogP contribution in [0.1, 0.15) is 15.9 Å². The van der Waals surface area contributed by atoms with Gasteiger partial charge in [-0.15, -0.1) is 0 Å². The molecule has 33 heavy (non-hydrogen) atoms. The summed E-state index contributed by atoms with van der Waals surface area (Å²) in [7, 11) is 0. The number of carboxylic acids is 1. The SMILES string of the molecule is O=C1NC(=S)N(c2ccc(Oc3ccccc3)cc2)C(=O)/C1=C/c1ccc(O)c(C(=O)O)c1. The van der Waals surface area contributed by atoms with Gasteiger partial charge in [0.15, 0.2) is 5.11 Å². The Hall–Kier alpha value is -4.50. The quantitative estimate of drug-likeness (QED) is 0.302. The minimum absolute atomic E-state index is 0.0872. The highest BCUT2D eigenvalue weighted by atomic mass is 32.1. The molecule has 2 amide bonds. The molecule has 1 aliphatic rings. The van der Waals surface area contributed by atoms with Gasteiger partial charge in [0, 0.05) is 0 Å². The zero-order valence-corrected chi connectivity index (χ0v) is 17.7. The first kappa shape index (κ1) is 21.7. The zero-order valence-electron chi connectivity index (χ0n) is 16.9. The van der Waals surface area contributed by atoms with Crippen LogP contribution in [-0.2, 0) is 9.59 Å². The molecule has 3 N–H and O–H groups in total. The molecule has 1 fully saturated rings. The van der Waals surface area contributed by atoms with Gasteiger partial charge in [-0.25, -0.2) is 4.79 Å². The Balaban J connectivity index is 1.62. The van der Waals surface area contributed by atoms with E-state index in [-0.39, 0.29) is 21.8 Å². The molecule has 1 saturated heterocycles. The van der Waals surface area contributed by atoms with E-state index in [9.17, 15) is 24.6 Å². The fourth-order valence-corrected chi connectivity index (χ4v) is 3.44. The molecule has 164 valence electrons. The van der Waals surface area contributed by atoms with E-state index in [1.165, 1.54) is 18.2 Å². The highest BCUT2D eigenvalue weighted by Gasteiger charge is 2.34. The van der Waals surface area contributed by atoms with E-state index in [1.807, 2.05) is 30.3 Å². The second kappa shape index (κ2) is 8.93. The van der Waals surface area contributed by atoms with Crippen LogP contribution < -0.4 is 15.0 Å². The van der Waals surface area contributed by atoms with Crippen LogP contribution in [0.4, 0.5) is 5.69 Å². The first-order chi connectivity index (χ1) is 15.8. The lowest BCUT2D eigenvalue weighted by atomic mass is 10.0. The Morgan fingerprint density at radius 2 is 1.64 bits per heavy atom. The molecule has 3 aromatic carbocycles. The van der Waals surface area contributed by atoms with Crippen LogP contribution in [0.3, 0.4) is 0 Å². The van der Waals surface area contributed by atoms with E-state index in [1.54, 1.807) is 24.3 Å². The van der Waals surface area contributed by atoms with Gasteiger partial charge < -0.3 is 14.9 Å². The first-order valence-electron chi connectivity index (χ1n) is 9.64. The third kappa shape index (κ3) is 4.58. The molecular formula is C24H16N2O6S. The Labute approximate surface area is 193 Å². The van der Waals surface area contributed by atoms with Crippen LogP contribution in [0.25, 0.3) is 6.08 Å². The number of rotatable bonds is 5. The number of carbonyl (C=O) groups excluding carboxylic acids is 2. The summed E-state index contributed by atoms with van der Waals surface area (Å²) < 4.78 is 5.75. The lowest BCUT2D eigenvalue weighted by Gasteiger charge is -2.29. The van der Waals surface area contributed by atoms with Gasteiger partial charge in [0.2, 0.25) is 0 Å². The Morgan fingerprint density at radius 3 is 2.30 bits per heavy atom. The van der Waals surface area contributed by atoms with Crippen molar-refractivity contribution in [3.05, 3.63) is 89.5 Å². The molecule has 3 aromatic rings. The van der Waals surface area contributed by atoms with E-state index in [4.69, 9.17) is 17.0 Å². The van der Waals surface area contributed by atoms with Crippen molar-refractivity contribution < 1.29 is 29.3 Å². The van der Waals surface area contributed by atoms with Crippen molar-refractivity contribution in [1.82, 2.24) is 5.32 Å². The van der Waals surface area contributed by atoms with Crippen molar-refractivity contribution in [2.24, 2.45) is 0 Å². The van der Waals surface area contributed by atoms with Gasteiger partial charge in [-0.3, -0.25) is 19.8 Å². The van der Waals surface area contributed by atoms with Gasteiger partial charge in [0.05, 0.1) is 5.69 Å². The predicted octanol–water partition coefficient (Wildman–Crippen LogP) is 3.71. The highest BCUT2D eigenvalue weighted by Crippen LogP contribution is 2.27.